The van der Waals surface area contributed by atoms with E-state index in [9.17, 15) is 4.79 Å². The molecule has 2 aliphatic rings. The van der Waals surface area contributed by atoms with Crippen molar-refractivity contribution in [1.82, 2.24) is 10.2 Å². The summed E-state index contributed by atoms with van der Waals surface area (Å²) in [6.45, 7) is 3.08. The summed E-state index contributed by atoms with van der Waals surface area (Å²) >= 11 is 0. The minimum Gasteiger partial charge on any atom is -0.346 e. The Hall–Kier alpha value is -0.570. The van der Waals surface area contributed by atoms with Gasteiger partial charge in [-0.15, -0.1) is 0 Å². The number of nitrogens with one attached hydrogen (secondary N) is 1. The van der Waals surface area contributed by atoms with Crippen molar-refractivity contribution in [2.45, 2.75) is 44.9 Å². The van der Waals surface area contributed by atoms with Crippen molar-refractivity contribution in [2.75, 3.05) is 26.7 Å². The van der Waals surface area contributed by atoms with E-state index in [1.54, 1.807) is 0 Å². The van der Waals surface area contributed by atoms with Gasteiger partial charge in [-0.2, -0.15) is 0 Å². The molecule has 0 bridgehead atoms. The number of rotatable bonds is 5. The lowest BCUT2D eigenvalue weighted by molar-refractivity contribution is -0.130. The average Bonchev–Trinajstić information content (AvgIpc) is 2.98. The van der Waals surface area contributed by atoms with Crippen LogP contribution in [0.15, 0.2) is 0 Å². The van der Waals surface area contributed by atoms with Gasteiger partial charge in [0, 0.05) is 20.0 Å². The van der Waals surface area contributed by atoms with Crippen molar-refractivity contribution in [3.63, 3.8) is 0 Å². The van der Waals surface area contributed by atoms with Crippen LogP contribution < -0.4 is 5.32 Å². The van der Waals surface area contributed by atoms with Gasteiger partial charge in [-0.1, -0.05) is 25.7 Å². The number of carbonyl (C=O) groups excluding carboxylic acids is 1. The third-order valence-corrected chi connectivity index (χ3v) is 4.40. The number of nitrogens with zero attached hydrogens (tertiary/aromatic N) is 1. The van der Waals surface area contributed by atoms with Crippen LogP contribution in [0.1, 0.15) is 44.9 Å². The molecule has 1 aliphatic carbocycles. The molecule has 98 valence electrons. The molecule has 3 heteroatoms. The minimum absolute atomic E-state index is 0.344. The lowest BCUT2D eigenvalue weighted by Crippen LogP contribution is -2.30. The Morgan fingerprint density at radius 2 is 2.00 bits per heavy atom. The zero-order chi connectivity index (χ0) is 12.1. The van der Waals surface area contributed by atoms with Crippen LogP contribution in [-0.2, 0) is 4.79 Å². The monoisotopic (exact) mass is 238 g/mol. The first kappa shape index (κ1) is 12.9. The lowest BCUT2D eigenvalue weighted by atomic mass is 10.0. The van der Waals surface area contributed by atoms with Gasteiger partial charge >= 0.3 is 0 Å². The molecule has 0 aromatic heterocycles. The van der Waals surface area contributed by atoms with Crippen molar-refractivity contribution in [3.8, 4) is 0 Å². The fourth-order valence-electron chi connectivity index (χ4n) is 3.09. The molecule has 2 rings (SSSR count). The maximum Gasteiger partial charge on any atom is 0.222 e. The lowest BCUT2D eigenvalue weighted by Gasteiger charge is -2.20. The van der Waals surface area contributed by atoms with E-state index in [2.05, 4.69) is 5.32 Å². The predicted molar refractivity (Wildman–Crippen MR) is 69.8 cm³/mol. The Morgan fingerprint density at radius 3 is 2.65 bits per heavy atom. The number of amides is 1. The zero-order valence-electron chi connectivity index (χ0n) is 11.1. The van der Waals surface area contributed by atoms with Gasteiger partial charge in [-0.25, -0.2) is 0 Å². The van der Waals surface area contributed by atoms with E-state index in [0.717, 1.165) is 32.0 Å². The second-order valence-electron chi connectivity index (χ2n) is 5.82. The third kappa shape index (κ3) is 3.98. The van der Waals surface area contributed by atoms with Gasteiger partial charge in [0.2, 0.25) is 5.91 Å². The molecular weight excluding hydrogens is 212 g/mol. The number of hydrogen-bond donors (Lipinski definition) is 1. The number of hydrogen-bond acceptors (Lipinski definition) is 2. The maximum absolute atomic E-state index is 12.0. The molecule has 1 atom stereocenters. The quantitative estimate of drug-likeness (QED) is 0.795. The predicted octanol–water partition coefficient (Wildman–Crippen LogP) is 2.02. The first-order valence-corrected chi connectivity index (χ1v) is 7.20. The molecule has 1 unspecified atom stereocenters. The molecular formula is C14H26N2O. The maximum atomic E-state index is 12.0. The molecule has 1 heterocycles. The molecule has 3 nitrogen and oxygen atoms in total. The fourth-order valence-corrected chi connectivity index (χ4v) is 3.09. The Balaban J connectivity index is 1.63. The second-order valence-corrected chi connectivity index (χ2v) is 5.82. The van der Waals surface area contributed by atoms with Gasteiger partial charge in [0.05, 0.1) is 0 Å². The molecule has 1 saturated heterocycles. The van der Waals surface area contributed by atoms with Crippen LogP contribution in [0.2, 0.25) is 0 Å². The molecule has 0 aromatic carbocycles. The van der Waals surface area contributed by atoms with Crippen molar-refractivity contribution in [2.24, 2.45) is 11.8 Å². The minimum atomic E-state index is 0.344. The molecule has 17 heavy (non-hydrogen) atoms. The molecule has 0 radical (unpaired) electrons. The van der Waals surface area contributed by atoms with Crippen molar-refractivity contribution in [3.05, 3.63) is 0 Å². The topological polar surface area (TPSA) is 32.3 Å². The highest BCUT2D eigenvalue weighted by Crippen LogP contribution is 2.27. The Labute approximate surface area is 105 Å². The molecule has 1 N–H and O–H groups in total. The van der Waals surface area contributed by atoms with Crippen LogP contribution >= 0.6 is 0 Å². The van der Waals surface area contributed by atoms with E-state index < -0.39 is 0 Å². The van der Waals surface area contributed by atoms with Crippen LogP contribution in [-0.4, -0.2) is 37.5 Å². The molecule has 1 saturated carbocycles. The van der Waals surface area contributed by atoms with Gasteiger partial charge < -0.3 is 10.2 Å². The van der Waals surface area contributed by atoms with Crippen molar-refractivity contribution < 1.29 is 4.79 Å². The highest BCUT2D eigenvalue weighted by molar-refractivity contribution is 5.76. The smallest absolute Gasteiger partial charge is 0.222 e. The van der Waals surface area contributed by atoms with E-state index in [0.29, 0.717) is 11.8 Å². The molecule has 0 aromatic rings. The van der Waals surface area contributed by atoms with E-state index in [1.807, 2.05) is 11.9 Å². The van der Waals surface area contributed by atoms with E-state index in [1.165, 1.54) is 38.5 Å². The summed E-state index contributed by atoms with van der Waals surface area (Å²) in [6, 6.07) is 0. The highest BCUT2D eigenvalue weighted by Gasteiger charge is 2.21. The summed E-state index contributed by atoms with van der Waals surface area (Å²) < 4.78 is 0. The standard InChI is InChI=1S/C14H26N2O/c1-16(9-7-12-4-2-3-5-12)14(17)10-13-6-8-15-11-13/h12-13,15H,2-11H2,1H3. The SMILES string of the molecule is CN(CCC1CCCC1)C(=O)CC1CCNC1. The first-order valence-electron chi connectivity index (χ1n) is 7.20. The molecule has 2 fully saturated rings. The van der Waals surface area contributed by atoms with E-state index >= 15 is 0 Å². The second kappa shape index (κ2) is 6.39. The largest absolute Gasteiger partial charge is 0.346 e. The molecule has 1 amide bonds. The van der Waals surface area contributed by atoms with Crippen LogP contribution in [0.5, 0.6) is 0 Å². The first-order chi connectivity index (χ1) is 8.25. The summed E-state index contributed by atoms with van der Waals surface area (Å²) in [5.74, 6) is 1.81. The number of carbonyl (C=O) groups is 1. The highest BCUT2D eigenvalue weighted by atomic mass is 16.2. The van der Waals surface area contributed by atoms with Gasteiger partial charge in [0.25, 0.3) is 0 Å². The molecule has 0 spiro atoms. The summed E-state index contributed by atoms with van der Waals surface area (Å²) in [5.41, 5.74) is 0. The summed E-state index contributed by atoms with van der Waals surface area (Å²) in [6.07, 6.45) is 8.69. The molecule has 1 aliphatic heterocycles. The van der Waals surface area contributed by atoms with Crippen molar-refractivity contribution >= 4 is 5.91 Å². The normalized spacial score (nSPS) is 25.4. The van der Waals surface area contributed by atoms with Gasteiger partial charge in [-0.3, -0.25) is 4.79 Å². The van der Waals surface area contributed by atoms with E-state index in [4.69, 9.17) is 0 Å². The Bertz CT molecular complexity index is 243. The van der Waals surface area contributed by atoms with Gasteiger partial charge in [-0.05, 0) is 37.8 Å². The third-order valence-electron chi connectivity index (χ3n) is 4.40. The zero-order valence-corrected chi connectivity index (χ0v) is 11.1. The Morgan fingerprint density at radius 1 is 1.24 bits per heavy atom. The van der Waals surface area contributed by atoms with Crippen LogP contribution in [0, 0.1) is 11.8 Å². The van der Waals surface area contributed by atoms with Crippen molar-refractivity contribution in [1.29, 1.82) is 0 Å². The van der Waals surface area contributed by atoms with Crippen LogP contribution in [0.3, 0.4) is 0 Å². The van der Waals surface area contributed by atoms with Crippen LogP contribution in [0.25, 0.3) is 0 Å². The van der Waals surface area contributed by atoms with E-state index in [-0.39, 0.29) is 0 Å². The average molecular weight is 238 g/mol. The summed E-state index contributed by atoms with van der Waals surface area (Å²) in [4.78, 5) is 14.0. The van der Waals surface area contributed by atoms with Crippen LogP contribution in [0.4, 0.5) is 0 Å². The van der Waals surface area contributed by atoms with Gasteiger partial charge in [0.15, 0.2) is 0 Å². The van der Waals surface area contributed by atoms with Gasteiger partial charge in [0.1, 0.15) is 0 Å². The fraction of sp³-hybridized carbons (Fsp3) is 0.929. The summed E-state index contributed by atoms with van der Waals surface area (Å²) in [7, 11) is 1.97. The summed E-state index contributed by atoms with van der Waals surface area (Å²) in [5, 5.41) is 3.32. The Kier molecular flexibility index (Phi) is 4.84.